The monoisotopic (exact) mass is 280 g/mol. The number of aliphatic hydroxyl groups is 1. The smallest absolute Gasteiger partial charge is 0.338 e. The predicted octanol–water partition coefficient (Wildman–Crippen LogP) is 1.57. The van der Waals surface area contributed by atoms with Crippen molar-refractivity contribution in [3.05, 3.63) is 34.9 Å². The summed E-state index contributed by atoms with van der Waals surface area (Å²) in [6.07, 6.45) is -1.59. The molecular formula is C14H16O6. The molecule has 1 unspecified atom stereocenters. The normalized spacial score (nSPS) is 11.8. The van der Waals surface area contributed by atoms with Crippen LogP contribution in [0.2, 0.25) is 0 Å². The number of Topliss-reactive ketones (excluding diaryl/α,β-unsaturated/α-hetero) is 1. The molecule has 0 aromatic heterocycles. The first kappa shape index (κ1) is 15.8. The third-order valence-corrected chi connectivity index (χ3v) is 2.71. The largest absolute Gasteiger partial charge is 0.479 e. The van der Waals surface area contributed by atoms with E-state index in [0.717, 1.165) is 0 Å². The summed E-state index contributed by atoms with van der Waals surface area (Å²) in [7, 11) is 0. The summed E-state index contributed by atoms with van der Waals surface area (Å²) in [4.78, 5) is 34.3. The quantitative estimate of drug-likeness (QED) is 0.606. The number of carboxylic acid groups (broad SMARTS) is 1. The molecule has 0 amide bonds. The molecule has 6 heteroatoms. The van der Waals surface area contributed by atoms with Crippen LogP contribution in [0, 0.1) is 0 Å². The lowest BCUT2D eigenvalue weighted by Crippen LogP contribution is -2.15. The first-order valence-corrected chi connectivity index (χ1v) is 6.17. The second kappa shape index (κ2) is 6.81. The van der Waals surface area contributed by atoms with Crippen LogP contribution in [-0.2, 0) is 9.53 Å². The summed E-state index contributed by atoms with van der Waals surface area (Å²) in [5.74, 6) is -2.41. The molecule has 108 valence electrons. The molecule has 2 N–H and O–H groups in total. The number of carboxylic acids is 1. The zero-order chi connectivity index (χ0) is 15.3. The number of carbonyl (C=O) groups excluding carboxylic acids is 2. The highest BCUT2D eigenvalue weighted by Crippen LogP contribution is 2.20. The molecule has 0 bridgehead atoms. The first-order chi connectivity index (χ1) is 9.42. The van der Waals surface area contributed by atoms with Gasteiger partial charge in [-0.05, 0) is 24.6 Å². The van der Waals surface area contributed by atoms with E-state index in [1.165, 1.54) is 18.2 Å². The summed E-state index contributed by atoms with van der Waals surface area (Å²) in [5, 5.41) is 18.2. The molecule has 0 radical (unpaired) electrons. The van der Waals surface area contributed by atoms with Crippen LogP contribution in [-0.4, -0.2) is 34.5 Å². The highest BCUT2D eigenvalue weighted by atomic mass is 16.5. The first-order valence-electron chi connectivity index (χ1n) is 6.17. The SMILES string of the molecule is CCOC(=O)c1ccc(C(O)C(=O)O)cc1C(=O)CC. The van der Waals surface area contributed by atoms with E-state index in [4.69, 9.17) is 9.84 Å². The van der Waals surface area contributed by atoms with Crippen molar-refractivity contribution in [3.8, 4) is 0 Å². The lowest BCUT2D eigenvalue weighted by molar-refractivity contribution is -0.146. The number of hydrogen-bond donors (Lipinski definition) is 2. The fourth-order valence-corrected chi connectivity index (χ4v) is 1.68. The van der Waals surface area contributed by atoms with Crippen LogP contribution in [0.25, 0.3) is 0 Å². The molecule has 0 aliphatic carbocycles. The molecule has 0 heterocycles. The Morgan fingerprint density at radius 2 is 1.85 bits per heavy atom. The average molecular weight is 280 g/mol. The fraction of sp³-hybridized carbons (Fsp3) is 0.357. The maximum atomic E-state index is 11.9. The Hall–Kier alpha value is -2.21. The van der Waals surface area contributed by atoms with Gasteiger partial charge >= 0.3 is 11.9 Å². The number of benzene rings is 1. The Morgan fingerprint density at radius 1 is 1.20 bits per heavy atom. The van der Waals surface area contributed by atoms with Crippen LogP contribution in [0.15, 0.2) is 18.2 Å². The lowest BCUT2D eigenvalue weighted by atomic mass is 9.97. The molecule has 1 atom stereocenters. The van der Waals surface area contributed by atoms with Crippen molar-refractivity contribution in [2.75, 3.05) is 6.61 Å². The number of carbonyl (C=O) groups is 3. The van der Waals surface area contributed by atoms with E-state index in [0.29, 0.717) is 0 Å². The summed E-state index contributed by atoms with van der Waals surface area (Å²) in [6.45, 7) is 3.43. The van der Waals surface area contributed by atoms with E-state index in [2.05, 4.69) is 0 Å². The van der Waals surface area contributed by atoms with Crippen molar-refractivity contribution in [1.29, 1.82) is 0 Å². The number of rotatable bonds is 6. The summed E-state index contributed by atoms with van der Waals surface area (Å²) >= 11 is 0. The standard InChI is InChI=1S/C14H16O6/c1-3-11(15)10-7-8(12(16)13(17)18)5-6-9(10)14(19)20-4-2/h5-7,12,16H,3-4H2,1-2H3,(H,17,18). The Kier molecular flexibility index (Phi) is 5.40. The van der Waals surface area contributed by atoms with Gasteiger partial charge in [0.2, 0.25) is 0 Å². The molecule has 0 aliphatic rings. The van der Waals surface area contributed by atoms with Gasteiger partial charge in [-0.15, -0.1) is 0 Å². The minimum absolute atomic E-state index is 0.0438. The molecule has 0 saturated carbocycles. The summed E-state index contributed by atoms with van der Waals surface area (Å²) in [6, 6.07) is 3.80. The number of ether oxygens (including phenoxy) is 1. The van der Waals surface area contributed by atoms with Gasteiger partial charge in [-0.1, -0.05) is 13.0 Å². The van der Waals surface area contributed by atoms with Gasteiger partial charge in [0.15, 0.2) is 11.9 Å². The minimum Gasteiger partial charge on any atom is -0.479 e. The third-order valence-electron chi connectivity index (χ3n) is 2.71. The van der Waals surface area contributed by atoms with Crippen molar-refractivity contribution in [2.24, 2.45) is 0 Å². The van der Waals surface area contributed by atoms with E-state index >= 15 is 0 Å². The zero-order valence-corrected chi connectivity index (χ0v) is 11.3. The van der Waals surface area contributed by atoms with E-state index in [1.54, 1.807) is 13.8 Å². The summed E-state index contributed by atoms with van der Waals surface area (Å²) < 4.78 is 4.84. The minimum atomic E-state index is -1.74. The molecule has 0 fully saturated rings. The van der Waals surface area contributed by atoms with Crippen LogP contribution in [0.3, 0.4) is 0 Å². The Balaban J connectivity index is 3.30. The van der Waals surface area contributed by atoms with E-state index < -0.39 is 18.0 Å². The van der Waals surface area contributed by atoms with Gasteiger partial charge in [0.25, 0.3) is 0 Å². The van der Waals surface area contributed by atoms with E-state index in [1.807, 2.05) is 0 Å². The highest BCUT2D eigenvalue weighted by molar-refractivity contribution is 6.06. The zero-order valence-electron chi connectivity index (χ0n) is 11.3. The van der Waals surface area contributed by atoms with Crippen molar-refractivity contribution in [1.82, 2.24) is 0 Å². The molecule has 0 aliphatic heterocycles. The number of hydrogen-bond acceptors (Lipinski definition) is 5. The van der Waals surface area contributed by atoms with Gasteiger partial charge in [-0.2, -0.15) is 0 Å². The molecular weight excluding hydrogens is 264 g/mol. The average Bonchev–Trinajstić information content (AvgIpc) is 2.45. The number of aliphatic hydroxyl groups excluding tert-OH is 1. The third kappa shape index (κ3) is 3.42. The Labute approximate surface area is 116 Å². The molecule has 1 aromatic rings. The van der Waals surface area contributed by atoms with E-state index in [9.17, 15) is 19.5 Å². The lowest BCUT2D eigenvalue weighted by Gasteiger charge is -2.11. The van der Waals surface area contributed by atoms with Crippen LogP contribution >= 0.6 is 0 Å². The predicted molar refractivity (Wildman–Crippen MR) is 69.6 cm³/mol. The molecule has 1 aromatic carbocycles. The van der Waals surface area contributed by atoms with Gasteiger partial charge in [0, 0.05) is 12.0 Å². The van der Waals surface area contributed by atoms with E-state index in [-0.39, 0.29) is 35.5 Å². The second-order valence-electron chi connectivity index (χ2n) is 4.04. The van der Waals surface area contributed by atoms with Crippen molar-refractivity contribution in [3.63, 3.8) is 0 Å². The van der Waals surface area contributed by atoms with Crippen LogP contribution < -0.4 is 0 Å². The maximum Gasteiger partial charge on any atom is 0.338 e. The Bertz CT molecular complexity index is 534. The van der Waals surface area contributed by atoms with Gasteiger partial charge in [-0.3, -0.25) is 4.79 Å². The molecule has 6 nitrogen and oxygen atoms in total. The van der Waals surface area contributed by atoms with Crippen molar-refractivity contribution < 1.29 is 29.3 Å². The van der Waals surface area contributed by atoms with Crippen LogP contribution in [0.5, 0.6) is 0 Å². The topological polar surface area (TPSA) is 101 Å². The maximum absolute atomic E-state index is 11.9. The number of aliphatic carboxylic acids is 1. The molecule has 1 rings (SSSR count). The molecule has 0 spiro atoms. The second-order valence-corrected chi connectivity index (χ2v) is 4.04. The number of ketones is 1. The van der Waals surface area contributed by atoms with Gasteiger partial charge in [0.05, 0.1) is 12.2 Å². The molecule has 20 heavy (non-hydrogen) atoms. The van der Waals surface area contributed by atoms with Gasteiger partial charge in [0.1, 0.15) is 0 Å². The molecule has 0 saturated heterocycles. The highest BCUT2D eigenvalue weighted by Gasteiger charge is 2.22. The fourth-order valence-electron chi connectivity index (χ4n) is 1.68. The van der Waals surface area contributed by atoms with Crippen LogP contribution in [0.4, 0.5) is 0 Å². The van der Waals surface area contributed by atoms with Gasteiger partial charge < -0.3 is 14.9 Å². The summed E-state index contributed by atoms with van der Waals surface area (Å²) in [5.41, 5.74) is 0.172. The van der Waals surface area contributed by atoms with Crippen molar-refractivity contribution in [2.45, 2.75) is 26.4 Å². The number of esters is 1. The van der Waals surface area contributed by atoms with Gasteiger partial charge in [-0.25, -0.2) is 9.59 Å². The Morgan fingerprint density at radius 3 is 2.35 bits per heavy atom. The van der Waals surface area contributed by atoms with Crippen molar-refractivity contribution >= 4 is 17.7 Å². The van der Waals surface area contributed by atoms with Crippen LogP contribution in [0.1, 0.15) is 52.7 Å².